The van der Waals surface area contributed by atoms with E-state index in [1.807, 2.05) is 0 Å². The number of ether oxygens (including phenoxy) is 1. The smallest absolute Gasteiger partial charge is 0.123 e. The van der Waals surface area contributed by atoms with Crippen molar-refractivity contribution in [2.75, 3.05) is 0 Å². The Morgan fingerprint density at radius 2 is 2.19 bits per heavy atom. The molecule has 0 bridgehead atoms. The van der Waals surface area contributed by atoms with Crippen LogP contribution >= 0.6 is 15.9 Å². The van der Waals surface area contributed by atoms with Gasteiger partial charge in [-0.2, -0.15) is 0 Å². The van der Waals surface area contributed by atoms with Crippen molar-refractivity contribution < 1.29 is 4.74 Å². The third kappa shape index (κ3) is 1.67. The van der Waals surface area contributed by atoms with Crippen LogP contribution in [-0.2, 0) is 6.42 Å². The van der Waals surface area contributed by atoms with Crippen LogP contribution < -0.4 is 4.74 Å². The number of benzene rings is 1. The molecule has 1 aromatic rings. The van der Waals surface area contributed by atoms with Gasteiger partial charge in [0, 0.05) is 10.7 Å². The van der Waals surface area contributed by atoms with Crippen molar-refractivity contribution in [2.24, 2.45) is 5.92 Å². The molecule has 0 spiro atoms. The molecule has 1 saturated carbocycles. The van der Waals surface area contributed by atoms with Crippen molar-refractivity contribution in [2.45, 2.75) is 43.0 Å². The first-order chi connectivity index (χ1) is 7.67. The maximum Gasteiger partial charge on any atom is 0.123 e. The molecule has 0 aromatic heterocycles. The van der Waals surface area contributed by atoms with E-state index >= 15 is 0 Å². The van der Waals surface area contributed by atoms with E-state index in [4.69, 9.17) is 4.74 Å². The van der Waals surface area contributed by atoms with E-state index in [-0.39, 0.29) is 5.60 Å². The Bertz CT molecular complexity index is 403. The molecule has 3 atom stereocenters. The van der Waals surface area contributed by atoms with Gasteiger partial charge in [0.2, 0.25) is 0 Å². The van der Waals surface area contributed by atoms with Gasteiger partial charge in [-0.25, -0.2) is 0 Å². The van der Waals surface area contributed by atoms with Gasteiger partial charge in [-0.1, -0.05) is 34.1 Å². The van der Waals surface area contributed by atoms with E-state index in [9.17, 15) is 0 Å². The second kappa shape index (κ2) is 3.76. The van der Waals surface area contributed by atoms with Gasteiger partial charge in [0.15, 0.2) is 0 Å². The highest BCUT2D eigenvalue weighted by Crippen LogP contribution is 2.46. The summed E-state index contributed by atoms with van der Waals surface area (Å²) in [5.74, 6) is 1.77. The molecule has 0 radical (unpaired) electrons. The lowest BCUT2D eigenvalue weighted by Gasteiger charge is -2.46. The second-order valence-electron chi connectivity index (χ2n) is 5.30. The Labute approximate surface area is 105 Å². The Kier molecular flexibility index (Phi) is 2.50. The van der Waals surface area contributed by atoms with Crippen LogP contribution in [0.25, 0.3) is 0 Å². The quantitative estimate of drug-likeness (QED) is 0.654. The number of alkyl halides is 1. The zero-order chi connectivity index (χ0) is 11.2. The Morgan fingerprint density at radius 1 is 1.38 bits per heavy atom. The largest absolute Gasteiger partial charge is 0.487 e. The molecule has 1 heterocycles. The summed E-state index contributed by atoms with van der Waals surface area (Å²) in [6.07, 6.45) is 4.82. The van der Waals surface area contributed by atoms with Gasteiger partial charge in [0.25, 0.3) is 0 Å². The van der Waals surface area contributed by atoms with Crippen LogP contribution in [0.5, 0.6) is 5.75 Å². The molecule has 16 heavy (non-hydrogen) atoms. The monoisotopic (exact) mass is 280 g/mol. The summed E-state index contributed by atoms with van der Waals surface area (Å²) in [7, 11) is 0. The summed E-state index contributed by atoms with van der Waals surface area (Å²) in [5.41, 5.74) is 1.45. The summed E-state index contributed by atoms with van der Waals surface area (Å²) >= 11 is 3.76. The van der Waals surface area contributed by atoms with Crippen molar-refractivity contribution >= 4 is 15.9 Å². The molecule has 0 unspecified atom stereocenters. The van der Waals surface area contributed by atoms with E-state index in [2.05, 4.69) is 47.1 Å². The normalized spacial score (nSPS) is 37.1. The molecule has 0 amide bonds. The van der Waals surface area contributed by atoms with E-state index in [0.717, 1.165) is 5.75 Å². The number of halogens is 1. The Morgan fingerprint density at radius 3 is 3.06 bits per heavy atom. The number of hydrogen-bond acceptors (Lipinski definition) is 1. The first-order valence-corrected chi connectivity index (χ1v) is 7.00. The van der Waals surface area contributed by atoms with Crippen LogP contribution in [-0.4, -0.2) is 10.4 Å². The fourth-order valence-electron chi connectivity index (χ4n) is 3.05. The maximum absolute atomic E-state index is 6.25. The van der Waals surface area contributed by atoms with Gasteiger partial charge < -0.3 is 4.74 Å². The summed E-state index contributed by atoms with van der Waals surface area (Å²) < 4.78 is 6.25. The van der Waals surface area contributed by atoms with Crippen LogP contribution in [0.15, 0.2) is 24.3 Å². The number of rotatable bonds is 0. The Balaban J connectivity index is 1.94. The highest BCUT2D eigenvalue weighted by atomic mass is 79.9. The number of para-hydroxylation sites is 1. The summed E-state index contributed by atoms with van der Waals surface area (Å²) in [4.78, 5) is 0.680. The summed E-state index contributed by atoms with van der Waals surface area (Å²) in [5, 5.41) is 0. The fourth-order valence-corrected chi connectivity index (χ4v) is 3.73. The molecule has 1 fully saturated rings. The molecule has 2 aliphatic rings. The zero-order valence-electron chi connectivity index (χ0n) is 9.58. The molecule has 3 rings (SSSR count). The second-order valence-corrected chi connectivity index (χ2v) is 6.59. The van der Waals surface area contributed by atoms with Gasteiger partial charge in [0.05, 0.1) is 0 Å². The van der Waals surface area contributed by atoms with E-state index in [1.165, 1.54) is 31.2 Å². The lowest BCUT2D eigenvalue weighted by Crippen LogP contribution is -2.48. The van der Waals surface area contributed by atoms with Crippen molar-refractivity contribution in [1.29, 1.82) is 0 Å². The van der Waals surface area contributed by atoms with Crippen molar-refractivity contribution in [1.82, 2.24) is 0 Å². The molecule has 0 saturated heterocycles. The molecule has 86 valence electrons. The van der Waals surface area contributed by atoms with Crippen LogP contribution in [0.4, 0.5) is 0 Å². The van der Waals surface area contributed by atoms with Crippen LogP contribution in [0.3, 0.4) is 0 Å². The van der Waals surface area contributed by atoms with Crippen molar-refractivity contribution in [3.63, 3.8) is 0 Å². The minimum Gasteiger partial charge on any atom is -0.487 e. The summed E-state index contributed by atoms with van der Waals surface area (Å²) in [6.45, 7) is 2.28. The average molecular weight is 281 g/mol. The Hall–Kier alpha value is -0.500. The van der Waals surface area contributed by atoms with E-state index < -0.39 is 0 Å². The first-order valence-electron chi connectivity index (χ1n) is 6.08. The average Bonchev–Trinajstić information content (AvgIpc) is 2.27. The van der Waals surface area contributed by atoms with Crippen LogP contribution in [0, 0.1) is 5.92 Å². The SMILES string of the molecule is C[C@]12CC[C@H](Br)C[C@@H]1Cc1ccccc1O2. The molecule has 0 N–H and O–H groups in total. The van der Waals surface area contributed by atoms with Gasteiger partial charge in [-0.15, -0.1) is 0 Å². The van der Waals surface area contributed by atoms with Gasteiger partial charge >= 0.3 is 0 Å². The third-order valence-corrected chi connectivity index (χ3v) is 4.97. The standard InChI is InChI=1S/C14H17BrO/c1-14-7-6-12(15)9-11(14)8-10-4-2-3-5-13(10)16-14/h2-5,11-12H,6-9H2,1H3/t11-,12-,14-/m0/s1. The molecular weight excluding hydrogens is 264 g/mol. The lowest BCUT2D eigenvalue weighted by atomic mass is 9.72. The van der Waals surface area contributed by atoms with Gasteiger partial charge in [0.1, 0.15) is 11.4 Å². The van der Waals surface area contributed by atoms with Crippen molar-refractivity contribution in [3.05, 3.63) is 29.8 Å². The predicted octanol–water partition coefficient (Wildman–Crippen LogP) is 3.94. The lowest BCUT2D eigenvalue weighted by molar-refractivity contribution is -0.0192. The minimum absolute atomic E-state index is 0.0681. The molecular formula is C14H17BrO. The topological polar surface area (TPSA) is 9.23 Å². The third-order valence-electron chi connectivity index (χ3n) is 4.14. The first kappa shape index (κ1) is 10.6. The fraction of sp³-hybridized carbons (Fsp3) is 0.571. The molecule has 2 heteroatoms. The molecule has 1 aliphatic heterocycles. The minimum atomic E-state index is 0.0681. The van der Waals surface area contributed by atoms with Crippen molar-refractivity contribution in [3.8, 4) is 5.75 Å². The predicted molar refractivity (Wildman–Crippen MR) is 69.2 cm³/mol. The molecule has 1 nitrogen and oxygen atoms in total. The van der Waals surface area contributed by atoms with Gasteiger partial charge in [-0.3, -0.25) is 0 Å². The zero-order valence-corrected chi connectivity index (χ0v) is 11.2. The maximum atomic E-state index is 6.25. The van der Waals surface area contributed by atoms with Gasteiger partial charge in [-0.05, 0) is 44.2 Å². The van der Waals surface area contributed by atoms with E-state index in [1.54, 1.807) is 0 Å². The number of fused-ring (bicyclic) bond motifs is 2. The highest BCUT2D eigenvalue weighted by Gasteiger charge is 2.44. The van der Waals surface area contributed by atoms with E-state index in [0.29, 0.717) is 10.7 Å². The summed E-state index contributed by atoms with van der Waals surface area (Å²) in [6, 6.07) is 8.49. The van der Waals surface area contributed by atoms with Crippen LogP contribution in [0.2, 0.25) is 0 Å². The number of hydrogen-bond donors (Lipinski definition) is 0. The van der Waals surface area contributed by atoms with Crippen LogP contribution in [0.1, 0.15) is 31.7 Å². The molecule has 1 aromatic carbocycles. The highest BCUT2D eigenvalue weighted by molar-refractivity contribution is 9.09. The molecule has 1 aliphatic carbocycles.